The number of halogens is 1. The van der Waals surface area contributed by atoms with E-state index in [0.717, 1.165) is 11.4 Å². The number of anilines is 1. The van der Waals surface area contributed by atoms with Crippen LogP contribution >= 0.6 is 0 Å². The van der Waals surface area contributed by atoms with Gasteiger partial charge < -0.3 is 19.8 Å². The number of aromatic amines is 1. The second kappa shape index (κ2) is 11.8. The van der Waals surface area contributed by atoms with Crippen LogP contribution in [-0.2, 0) is 22.6 Å². The number of allylic oxidation sites excluding steroid dienone is 1. The van der Waals surface area contributed by atoms with E-state index >= 15 is 0 Å². The van der Waals surface area contributed by atoms with Crippen molar-refractivity contribution in [1.29, 1.82) is 0 Å². The minimum atomic E-state index is -0.345. The van der Waals surface area contributed by atoms with Gasteiger partial charge in [0.1, 0.15) is 11.5 Å². The number of likely N-dealkylation sites (N-methyl/N-ethyl adjacent to an activating group) is 1. The summed E-state index contributed by atoms with van der Waals surface area (Å²) >= 11 is 0. The van der Waals surface area contributed by atoms with Crippen molar-refractivity contribution in [2.75, 3.05) is 19.4 Å². The van der Waals surface area contributed by atoms with E-state index in [1.54, 1.807) is 36.9 Å². The molecule has 3 heterocycles. The lowest BCUT2D eigenvalue weighted by molar-refractivity contribution is -0.123. The normalized spacial score (nSPS) is 11.5. The van der Waals surface area contributed by atoms with Gasteiger partial charge >= 0.3 is 0 Å². The van der Waals surface area contributed by atoms with Crippen LogP contribution in [0.5, 0.6) is 0 Å². The summed E-state index contributed by atoms with van der Waals surface area (Å²) in [4.78, 5) is 46.0. The number of hydrogen-bond acceptors (Lipinski definition) is 4. The van der Waals surface area contributed by atoms with Gasteiger partial charge in [-0.3, -0.25) is 19.4 Å². The van der Waals surface area contributed by atoms with Crippen LogP contribution in [0.4, 0.5) is 10.1 Å². The summed E-state index contributed by atoms with van der Waals surface area (Å²) < 4.78 is 16.0. The topological polar surface area (TPSA) is 100 Å². The fourth-order valence-corrected chi connectivity index (χ4v) is 3.91. The summed E-state index contributed by atoms with van der Waals surface area (Å²) in [5, 5.41) is 2.70. The third-order valence-electron chi connectivity index (χ3n) is 5.84. The van der Waals surface area contributed by atoms with Gasteiger partial charge in [0, 0.05) is 37.5 Å². The molecule has 0 bridgehead atoms. The van der Waals surface area contributed by atoms with Gasteiger partial charge in [0.2, 0.25) is 11.8 Å². The molecule has 3 rings (SSSR count). The van der Waals surface area contributed by atoms with Crippen LogP contribution in [0.15, 0.2) is 41.3 Å². The minimum absolute atomic E-state index is 0.105. The molecule has 192 valence electrons. The first-order chi connectivity index (χ1) is 17.1. The SMILES string of the molecule is Cc1ccc(NC(=O)CCC/C=C/C(=O)N(C)C)c(=O)n1Cc1cc2ncc(F)c(CC(C)C)c2[nH]1. The molecule has 0 aliphatic rings. The molecular formula is C27H34FN5O3. The fourth-order valence-electron chi connectivity index (χ4n) is 3.91. The van der Waals surface area contributed by atoms with Crippen LogP contribution in [0.3, 0.4) is 0 Å². The van der Waals surface area contributed by atoms with Gasteiger partial charge in [-0.25, -0.2) is 4.39 Å². The van der Waals surface area contributed by atoms with Crippen molar-refractivity contribution in [3.63, 3.8) is 0 Å². The van der Waals surface area contributed by atoms with E-state index in [1.807, 2.05) is 26.8 Å². The maximum Gasteiger partial charge on any atom is 0.274 e. The van der Waals surface area contributed by atoms with Gasteiger partial charge in [-0.1, -0.05) is 19.9 Å². The minimum Gasteiger partial charge on any atom is -0.355 e. The van der Waals surface area contributed by atoms with Crippen molar-refractivity contribution in [3.05, 3.63) is 69.7 Å². The summed E-state index contributed by atoms with van der Waals surface area (Å²) in [7, 11) is 3.35. The van der Waals surface area contributed by atoms with Crippen molar-refractivity contribution < 1.29 is 14.0 Å². The number of carbonyl (C=O) groups excluding carboxylic acids is 2. The van der Waals surface area contributed by atoms with E-state index in [-0.39, 0.29) is 47.8 Å². The molecular weight excluding hydrogens is 461 g/mol. The zero-order valence-electron chi connectivity index (χ0n) is 21.5. The fraction of sp³-hybridized carbons (Fsp3) is 0.407. The number of carbonyl (C=O) groups is 2. The highest BCUT2D eigenvalue weighted by atomic mass is 19.1. The number of aryl methyl sites for hydroxylation is 1. The van der Waals surface area contributed by atoms with E-state index in [2.05, 4.69) is 15.3 Å². The molecule has 0 fully saturated rings. The summed E-state index contributed by atoms with van der Waals surface area (Å²) in [6, 6.07) is 5.20. The number of nitrogens with one attached hydrogen (secondary N) is 2. The average Bonchev–Trinajstić information content (AvgIpc) is 3.23. The third kappa shape index (κ3) is 6.68. The highest BCUT2D eigenvalue weighted by Gasteiger charge is 2.15. The lowest BCUT2D eigenvalue weighted by Crippen LogP contribution is -2.27. The third-order valence-corrected chi connectivity index (χ3v) is 5.84. The van der Waals surface area contributed by atoms with E-state index < -0.39 is 0 Å². The molecule has 2 N–H and O–H groups in total. The lowest BCUT2D eigenvalue weighted by atomic mass is 10.0. The molecule has 3 aromatic rings. The van der Waals surface area contributed by atoms with E-state index in [0.29, 0.717) is 35.9 Å². The molecule has 0 atom stereocenters. The molecule has 3 aromatic heterocycles. The molecule has 0 saturated carbocycles. The van der Waals surface area contributed by atoms with Crippen LogP contribution < -0.4 is 10.9 Å². The molecule has 0 radical (unpaired) electrons. The number of rotatable bonds is 10. The van der Waals surface area contributed by atoms with Crippen LogP contribution in [-0.4, -0.2) is 45.3 Å². The van der Waals surface area contributed by atoms with E-state index in [9.17, 15) is 18.8 Å². The Balaban J connectivity index is 1.72. The number of amides is 2. The molecule has 9 heteroatoms. The van der Waals surface area contributed by atoms with E-state index in [1.165, 1.54) is 17.2 Å². The Bertz CT molecular complexity index is 1340. The number of pyridine rings is 2. The first-order valence-electron chi connectivity index (χ1n) is 12.1. The van der Waals surface area contributed by atoms with Crippen molar-refractivity contribution in [1.82, 2.24) is 19.4 Å². The second-order valence-corrected chi connectivity index (χ2v) is 9.59. The molecule has 8 nitrogen and oxygen atoms in total. The summed E-state index contributed by atoms with van der Waals surface area (Å²) in [6.07, 6.45) is 6.40. The van der Waals surface area contributed by atoms with Crippen LogP contribution in [0, 0.1) is 18.7 Å². The predicted molar refractivity (Wildman–Crippen MR) is 139 cm³/mol. The number of aromatic nitrogens is 3. The number of H-pyrrole nitrogens is 1. The monoisotopic (exact) mass is 495 g/mol. The van der Waals surface area contributed by atoms with Crippen LogP contribution in [0.1, 0.15) is 50.1 Å². The number of fused-ring (bicyclic) bond motifs is 1. The maximum atomic E-state index is 14.4. The van der Waals surface area contributed by atoms with Crippen LogP contribution in [0.2, 0.25) is 0 Å². The number of unbranched alkanes of at least 4 members (excludes halogenated alkanes) is 1. The summed E-state index contributed by atoms with van der Waals surface area (Å²) in [6.45, 7) is 6.11. The molecule has 0 unspecified atom stereocenters. The Hall–Kier alpha value is -3.75. The van der Waals surface area contributed by atoms with Gasteiger partial charge in [-0.2, -0.15) is 0 Å². The predicted octanol–water partition coefficient (Wildman–Crippen LogP) is 4.17. The van der Waals surface area contributed by atoms with Crippen molar-refractivity contribution in [3.8, 4) is 0 Å². The Morgan fingerprint density at radius 1 is 1.28 bits per heavy atom. The summed E-state index contributed by atoms with van der Waals surface area (Å²) in [5.41, 5.74) is 3.22. The Morgan fingerprint density at radius 2 is 2.03 bits per heavy atom. The number of hydrogen-bond donors (Lipinski definition) is 2. The maximum absolute atomic E-state index is 14.4. The van der Waals surface area contributed by atoms with Crippen molar-refractivity contribution in [2.45, 2.75) is 53.0 Å². The number of nitrogens with zero attached hydrogens (tertiary/aromatic N) is 3. The Labute approximate surface area is 210 Å². The van der Waals surface area contributed by atoms with E-state index in [4.69, 9.17) is 0 Å². The Morgan fingerprint density at radius 3 is 2.72 bits per heavy atom. The molecule has 0 spiro atoms. The second-order valence-electron chi connectivity index (χ2n) is 9.59. The van der Waals surface area contributed by atoms with Gasteiger partial charge in [0.05, 0.1) is 23.8 Å². The van der Waals surface area contributed by atoms with Crippen molar-refractivity contribution >= 4 is 28.5 Å². The van der Waals surface area contributed by atoms with Gasteiger partial charge in [0.25, 0.3) is 5.56 Å². The van der Waals surface area contributed by atoms with Gasteiger partial charge in [-0.05, 0) is 56.4 Å². The highest BCUT2D eigenvalue weighted by molar-refractivity contribution is 5.90. The molecule has 0 saturated heterocycles. The lowest BCUT2D eigenvalue weighted by Gasteiger charge is -2.12. The smallest absolute Gasteiger partial charge is 0.274 e. The standard InChI is InChI=1S/C27H34FN5O3/c1-17(2)13-20-21(28)15-29-23-14-19(30-26(20)23)16-33-18(3)11-12-22(27(33)36)31-24(34)9-7-6-8-10-25(35)32(4)5/h8,10-12,14-15,17,30H,6-7,9,13,16H2,1-5H3,(H,31,34)/b10-8+. The van der Waals surface area contributed by atoms with Gasteiger partial charge in [0.15, 0.2) is 0 Å². The van der Waals surface area contributed by atoms with Crippen LogP contribution in [0.25, 0.3) is 11.0 Å². The zero-order chi connectivity index (χ0) is 26.4. The summed E-state index contributed by atoms with van der Waals surface area (Å²) in [5.74, 6) is -0.439. The largest absolute Gasteiger partial charge is 0.355 e. The average molecular weight is 496 g/mol. The molecule has 36 heavy (non-hydrogen) atoms. The zero-order valence-corrected chi connectivity index (χ0v) is 21.5. The van der Waals surface area contributed by atoms with Gasteiger partial charge in [-0.15, -0.1) is 0 Å². The molecule has 0 aliphatic carbocycles. The molecule has 0 aromatic carbocycles. The quantitative estimate of drug-likeness (QED) is 0.326. The first kappa shape index (κ1) is 26.8. The Kier molecular flexibility index (Phi) is 8.79. The van der Waals surface area contributed by atoms with Crippen molar-refractivity contribution in [2.24, 2.45) is 5.92 Å². The molecule has 2 amide bonds. The highest BCUT2D eigenvalue weighted by Crippen LogP contribution is 2.23. The first-order valence-corrected chi connectivity index (χ1v) is 12.1. The molecule has 0 aliphatic heterocycles.